The molecule has 5 nitrogen and oxygen atoms in total. The molecule has 0 aromatic rings. The second-order valence-corrected chi connectivity index (χ2v) is 0. The van der Waals surface area contributed by atoms with Gasteiger partial charge in [0.1, 0.15) is 0 Å². The first-order chi connectivity index (χ1) is 5.00. The molecule has 0 unspecified atom stereocenters. The molecule has 0 saturated carbocycles. The molecule has 0 aliphatic rings. The molecule has 0 spiro atoms. The molecule has 0 rings (SSSR count). The van der Waals surface area contributed by atoms with Gasteiger partial charge >= 0.3 is 0 Å². The van der Waals surface area contributed by atoms with Crippen molar-refractivity contribution < 1.29 is 47.2 Å². The summed E-state index contributed by atoms with van der Waals surface area (Å²) in [6, 6.07) is 0. The van der Waals surface area contributed by atoms with Gasteiger partial charge in [0.15, 0.2) is 0 Å². The Morgan fingerprint density at radius 2 is 0.417 bits per heavy atom. The van der Waals surface area contributed by atoms with Crippen LogP contribution in [0.1, 0.15) is 0 Å². The number of hydrogen-bond donors (Lipinski definition) is 0. The molecule has 0 amide bonds. The maximum absolute atomic E-state index is 7.50. The predicted octanol–water partition coefficient (Wildman–Crippen LogP) is -1.99. The Morgan fingerprint density at radius 1 is 0.417 bits per heavy atom. The Balaban J connectivity index is -0.00000000500. The van der Waals surface area contributed by atoms with Crippen LogP contribution >= 0.6 is 0 Å². The smallest absolute Gasteiger partial charge is 0.281 e. The average molecular weight is 200 g/mol. The summed E-state index contributed by atoms with van der Waals surface area (Å²) in [4.78, 5) is 37.5. The van der Waals surface area contributed by atoms with Gasteiger partial charge in [-0.05, 0) is 0 Å². The van der Waals surface area contributed by atoms with Crippen LogP contribution in [0.2, 0.25) is 0 Å². The zero-order valence-corrected chi connectivity index (χ0v) is 6.71. The topological polar surface area (TPSA) is 85.3 Å². The Bertz CT molecular complexity index is 31.4. The molecule has 0 aromatic carbocycles. The Labute approximate surface area is 81.8 Å². The van der Waals surface area contributed by atoms with E-state index >= 15 is 0 Å². The molecule has 0 aliphatic heterocycles. The summed E-state index contributed by atoms with van der Waals surface area (Å²) in [5.74, 6) is 0. The van der Waals surface area contributed by atoms with E-state index in [1.807, 2.05) is 0 Å². The van der Waals surface area contributed by atoms with Crippen LogP contribution in [0.25, 0.3) is 0 Å². The van der Waals surface area contributed by atoms with Crippen molar-refractivity contribution in [3.8, 4) is 0 Å². The molecular formula is C5FeHeO5. The molecule has 0 atom stereocenters. The fourth-order valence-corrected chi connectivity index (χ4v) is 0. The van der Waals surface area contributed by atoms with Gasteiger partial charge in [-0.15, -0.1) is 0 Å². The minimum atomic E-state index is 0. The van der Waals surface area contributed by atoms with Gasteiger partial charge in [0.2, 0.25) is 0 Å². The molecule has 7 heteroatoms. The first-order valence-electron chi connectivity index (χ1n) is 1.02. The van der Waals surface area contributed by atoms with Gasteiger partial charge in [-0.2, -0.15) is 0 Å². The summed E-state index contributed by atoms with van der Waals surface area (Å²) in [5.41, 5.74) is 0. The molecule has 60 valence electrons. The quantitative estimate of drug-likeness (QED) is 0.422. The van der Waals surface area contributed by atoms with Crippen LogP contribution < -0.4 is 0 Å². The zero-order valence-electron chi connectivity index (χ0n) is 5.60. The van der Waals surface area contributed by atoms with Crippen LogP contribution in [0.5, 0.6) is 0 Å². The third kappa shape index (κ3) is 356. The summed E-state index contributed by atoms with van der Waals surface area (Å²) < 4.78 is 0. The van der Waals surface area contributed by atoms with Crippen LogP contribution in [0.4, 0.5) is 0 Å². The van der Waals surface area contributed by atoms with Crippen molar-refractivity contribution in [2.45, 2.75) is 0 Å². The maximum atomic E-state index is 7.50. The molecule has 0 saturated heterocycles. The third-order valence-corrected chi connectivity index (χ3v) is 0. The molecule has 0 aliphatic carbocycles. The molecule has 0 aromatic heterocycles. The van der Waals surface area contributed by atoms with E-state index in [1.54, 1.807) is 0 Å². The minimum absolute atomic E-state index is 0. The summed E-state index contributed by atoms with van der Waals surface area (Å²) in [6.07, 6.45) is 0. The van der Waals surface area contributed by atoms with E-state index in [0.29, 0.717) is 0 Å². The van der Waals surface area contributed by atoms with Crippen LogP contribution in [0, 0.1) is 6.15 Å². The summed E-state index contributed by atoms with van der Waals surface area (Å²) in [6.45, 7) is 22.5. The summed E-state index contributed by atoms with van der Waals surface area (Å²) in [7, 11) is 0. The molecule has 10 radical (unpaired) electrons. The first kappa shape index (κ1) is 72.2. The van der Waals surface area contributed by atoms with Crippen molar-refractivity contribution in [2.75, 3.05) is 0 Å². The fourth-order valence-electron chi connectivity index (χ4n) is 0. The second-order valence-electron chi connectivity index (χ2n) is 0. The minimum Gasteiger partial charge on any atom is -0.281 e. The van der Waals surface area contributed by atoms with E-state index in [4.69, 9.17) is 24.0 Å². The Kier molecular flexibility index (Phi) is 3040. The molecular weight excluding hydrogens is 200 g/mol. The monoisotopic (exact) mass is 200 g/mol. The van der Waals surface area contributed by atoms with Gasteiger partial charge in [0.05, 0.1) is 0 Å². The van der Waals surface area contributed by atoms with Gasteiger partial charge in [0.25, 0.3) is 33.9 Å². The van der Waals surface area contributed by atoms with Gasteiger partial charge in [-0.25, -0.2) is 0 Å². The van der Waals surface area contributed by atoms with Gasteiger partial charge < -0.3 is 0 Å². The van der Waals surface area contributed by atoms with Gasteiger partial charge in [0, 0.05) is 23.2 Å². The Hall–Kier alpha value is -1.22. The zero-order chi connectivity index (χ0) is 10.0. The van der Waals surface area contributed by atoms with E-state index in [2.05, 4.69) is 33.9 Å². The van der Waals surface area contributed by atoms with Crippen molar-refractivity contribution in [2.24, 2.45) is 0 Å². The van der Waals surface area contributed by atoms with E-state index in [0.717, 1.165) is 0 Å². The van der Waals surface area contributed by atoms with Crippen molar-refractivity contribution >= 4 is 33.9 Å². The SMILES string of the molecule is [C]=O.[C]=O.[C]=O.[C]=O.[C]=O.[Fe].[He]. The molecule has 0 fully saturated rings. The number of rotatable bonds is 0. The van der Waals surface area contributed by atoms with Gasteiger partial charge in [-0.1, -0.05) is 0 Å². The van der Waals surface area contributed by atoms with Crippen LogP contribution in [-0.2, 0) is 41.0 Å². The summed E-state index contributed by atoms with van der Waals surface area (Å²) >= 11 is 0. The van der Waals surface area contributed by atoms with Crippen molar-refractivity contribution in [1.82, 2.24) is 0 Å². The van der Waals surface area contributed by atoms with E-state index in [1.165, 1.54) is 0 Å². The van der Waals surface area contributed by atoms with Crippen molar-refractivity contribution in [1.29, 1.82) is 0 Å². The van der Waals surface area contributed by atoms with Crippen LogP contribution in [0.15, 0.2) is 0 Å². The van der Waals surface area contributed by atoms with Crippen molar-refractivity contribution in [3.05, 3.63) is 0 Å². The fraction of sp³-hybridized carbons (Fsp3) is 0. The second kappa shape index (κ2) is 505. The average Bonchev–Trinajstić information content (AvgIpc) is 2.20. The van der Waals surface area contributed by atoms with E-state index < -0.39 is 0 Å². The van der Waals surface area contributed by atoms with Crippen LogP contribution in [-0.4, -0.2) is 33.9 Å². The molecule has 0 heterocycles. The molecule has 0 N–H and O–H groups in total. The van der Waals surface area contributed by atoms with Crippen LogP contribution in [0.3, 0.4) is 0 Å². The van der Waals surface area contributed by atoms with E-state index in [-0.39, 0.29) is 23.2 Å². The Morgan fingerprint density at radius 3 is 0.417 bits per heavy atom. The largest absolute Gasteiger partial charge is 0.281 e. The summed E-state index contributed by atoms with van der Waals surface area (Å²) in [5, 5.41) is 0. The third-order valence-electron chi connectivity index (χ3n) is 0. The number of carbonyl (C=O) groups excluding carboxylic acids is 5. The van der Waals surface area contributed by atoms with Crippen molar-refractivity contribution in [3.63, 3.8) is 0 Å². The van der Waals surface area contributed by atoms with E-state index in [9.17, 15) is 0 Å². The normalized spacial score (nSPS) is 1.67. The maximum Gasteiger partial charge on any atom is 0.281 e. The standard InChI is InChI=1S/5CO.Fe.He/c5*1-2;;. The molecule has 0 bridgehead atoms. The predicted molar refractivity (Wildman–Crippen MR) is 28.5 cm³/mol. The van der Waals surface area contributed by atoms with Gasteiger partial charge in [-0.3, -0.25) is 24.0 Å². The first-order valence-corrected chi connectivity index (χ1v) is 1.02. The number of hydrogen-bond acceptors (Lipinski definition) is 5. The molecule has 12 heavy (non-hydrogen) atoms.